The van der Waals surface area contributed by atoms with Gasteiger partial charge >= 0.3 is 5.97 Å². The van der Waals surface area contributed by atoms with E-state index in [0.29, 0.717) is 39.7 Å². The Morgan fingerprint density at radius 3 is 2.38 bits per heavy atom. The van der Waals surface area contributed by atoms with Crippen molar-refractivity contribution >= 4 is 34.4 Å². The number of nitrogens with one attached hydrogen (secondary N) is 2. The van der Waals surface area contributed by atoms with Gasteiger partial charge in [0.25, 0.3) is 5.91 Å². The van der Waals surface area contributed by atoms with E-state index in [1.807, 2.05) is 6.07 Å². The van der Waals surface area contributed by atoms with Crippen LogP contribution in [-0.4, -0.2) is 46.2 Å². The van der Waals surface area contributed by atoms with E-state index in [1.54, 1.807) is 37.4 Å². The summed E-state index contributed by atoms with van der Waals surface area (Å²) >= 11 is 0. The first-order chi connectivity index (χ1) is 16.4. The van der Waals surface area contributed by atoms with Crippen molar-refractivity contribution in [2.75, 3.05) is 24.8 Å². The van der Waals surface area contributed by atoms with E-state index in [9.17, 15) is 14.7 Å². The van der Waals surface area contributed by atoms with Crippen molar-refractivity contribution < 1.29 is 24.5 Å². The molecule has 0 radical (unpaired) electrons. The fourth-order valence-corrected chi connectivity index (χ4v) is 3.56. The minimum absolute atomic E-state index is 0.105. The molecule has 1 amide bonds. The molecule has 4 rings (SSSR count). The van der Waals surface area contributed by atoms with Gasteiger partial charge in [0, 0.05) is 40.9 Å². The fraction of sp³-hybridized carbons (Fsp3) is 0.120. The van der Waals surface area contributed by atoms with Crippen LogP contribution in [0.1, 0.15) is 26.3 Å². The smallest absolute Gasteiger partial charge is 0.335 e. The van der Waals surface area contributed by atoms with Gasteiger partial charge in [0.05, 0.1) is 30.5 Å². The summed E-state index contributed by atoms with van der Waals surface area (Å²) in [6.07, 6.45) is 0. The van der Waals surface area contributed by atoms with E-state index in [-0.39, 0.29) is 18.1 Å². The Labute approximate surface area is 195 Å². The molecule has 0 unspecified atom stereocenters. The van der Waals surface area contributed by atoms with Gasteiger partial charge in [-0.15, -0.1) is 0 Å². The number of aliphatic hydroxyl groups is 1. The zero-order valence-electron chi connectivity index (χ0n) is 18.5. The molecule has 0 bridgehead atoms. The van der Waals surface area contributed by atoms with Gasteiger partial charge < -0.3 is 25.6 Å². The largest absolute Gasteiger partial charge is 0.496 e. The number of carbonyl (C=O) groups is 2. The predicted octanol–water partition coefficient (Wildman–Crippen LogP) is 3.79. The minimum Gasteiger partial charge on any atom is -0.496 e. The van der Waals surface area contributed by atoms with Crippen LogP contribution in [-0.2, 0) is 6.61 Å². The lowest BCUT2D eigenvalue weighted by atomic mass is 10.0. The molecule has 0 saturated carbocycles. The Hall–Kier alpha value is -4.50. The SMILES string of the molecule is CNc1nc(-c2cccc(NC(=O)c3ccc(C(=O)O)cc3)c2)c2cc(CO)c(OC)cc2n1. The van der Waals surface area contributed by atoms with Crippen molar-refractivity contribution in [3.8, 4) is 17.0 Å². The van der Waals surface area contributed by atoms with Crippen molar-refractivity contribution in [1.82, 2.24) is 9.97 Å². The van der Waals surface area contributed by atoms with Crippen LogP contribution in [0.15, 0.2) is 60.7 Å². The van der Waals surface area contributed by atoms with Crippen molar-refractivity contribution in [2.45, 2.75) is 6.61 Å². The summed E-state index contributed by atoms with van der Waals surface area (Å²) in [7, 11) is 3.25. The molecule has 0 spiro atoms. The molecular weight excluding hydrogens is 436 g/mol. The average Bonchev–Trinajstić information content (AvgIpc) is 2.87. The number of methoxy groups -OCH3 is 1. The number of nitrogens with zero attached hydrogens (tertiary/aromatic N) is 2. The first-order valence-corrected chi connectivity index (χ1v) is 10.4. The Balaban J connectivity index is 1.72. The Bertz CT molecular complexity index is 1390. The molecule has 0 fully saturated rings. The monoisotopic (exact) mass is 458 g/mol. The number of aliphatic hydroxyl groups excluding tert-OH is 1. The van der Waals surface area contributed by atoms with Crippen molar-refractivity contribution in [2.24, 2.45) is 0 Å². The number of rotatable bonds is 7. The Morgan fingerprint density at radius 1 is 1.00 bits per heavy atom. The summed E-state index contributed by atoms with van der Waals surface area (Å²) in [5, 5.41) is 25.3. The molecule has 0 saturated heterocycles. The first kappa shape index (κ1) is 22.7. The lowest BCUT2D eigenvalue weighted by Gasteiger charge is -2.13. The molecule has 0 aliphatic carbocycles. The van der Waals surface area contributed by atoms with Gasteiger partial charge in [-0.2, -0.15) is 0 Å². The molecule has 34 heavy (non-hydrogen) atoms. The maximum Gasteiger partial charge on any atom is 0.335 e. The molecule has 0 atom stereocenters. The van der Waals surface area contributed by atoms with Crippen molar-refractivity contribution in [3.63, 3.8) is 0 Å². The highest BCUT2D eigenvalue weighted by Crippen LogP contribution is 2.33. The number of carbonyl (C=O) groups excluding carboxylic acids is 1. The lowest BCUT2D eigenvalue weighted by Crippen LogP contribution is -2.12. The van der Waals surface area contributed by atoms with Gasteiger partial charge in [-0.3, -0.25) is 4.79 Å². The van der Waals surface area contributed by atoms with E-state index in [4.69, 9.17) is 9.84 Å². The molecule has 9 heteroatoms. The number of hydrogen-bond acceptors (Lipinski definition) is 7. The highest BCUT2D eigenvalue weighted by atomic mass is 16.5. The van der Waals surface area contributed by atoms with E-state index >= 15 is 0 Å². The predicted molar refractivity (Wildman–Crippen MR) is 128 cm³/mol. The van der Waals surface area contributed by atoms with Gasteiger partial charge in [-0.25, -0.2) is 14.8 Å². The van der Waals surface area contributed by atoms with Gasteiger partial charge in [0.2, 0.25) is 5.95 Å². The molecule has 172 valence electrons. The van der Waals surface area contributed by atoms with Crippen LogP contribution in [0.4, 0.5) is 11.6 Å². The number of aromatic carboxylic acids is 1. The zero-order chi connectivity index (χ0) is 24.2. The maximum atomic E-state index is 12.7. The van der Waals surface area contributed by atoms with E-state index in [1.165, 1.54) is 31.4 Å². The van der Waals surface area contributed by atoms with E-state index in [0.717, 1.165) is 10.9 Å². The lowest BCUT2D eigenvalue weighted by molar-refractivity contribution is 0.0696. The Kier molecular flexibility index (Phi) is 6.37. The van der Waals surface area contributed by atoms with Crippen LogP contribution in [0.5, 0.6) is 5.75 Å². The molecule has 4 aromatic rings. The number of benzene rings is 3. The molecular formula is C25H22N4O5. The minimum atomic E-state index is -1.06. The number of carboxylic acids is 1. The maximum absolute atomic E-state index is 12.7. The highest BCUT2D eigenvalue weighted by Gasteiger charge is 2.15. The third-order valence-corrected chi connectivity index (χ3v) is 5.28. The zero-order valence-corrected chi connectivity index (χ0v) is 18.5. The number of fused-ring (bicyclic) bond motifs is 1. The van der Waals surface area contributed by atoms with Crippen LogP contribution >= 0.6 is 0 Å². The molecule has 1 aromatic heterocycles. The third-order valence-electron chi connectivity index (χ3n) is 5.28. The summed E-state index contributed by atoms with van der Waals surface area (Å²) in [4.78, 5) is 32.8. The van der Waals surface area contributed by atoms with Gasteiger partial charge in [0.15, 0.2) is 0 Å². The summed E-state index contributed by atoms with van der Waals surface area (Å²) in [6.45, 7) is -0.205. The number of hydrogen-bond donors (Lipinski definition) is 4. The van der Waals surface area contributed by atoms with Crippen LogP contribution < -0.4 is 15.4 Å². The topological polar surface area (TPSA) is 134 Å². The van der Waals surface area contributed by atoms with Gasteiger partial charge in [0.1, 0.15) is 5.75 Å². The quantitative estimate of drug-likeness (QED) is 0.329. The summed E-state index contributed by atoms with van der Waals surface area (Å²) in [5.74, 6) is -0.490. The molecule has 4 N–H and O–H groups in total. The summed E-state index contributed by atoms with van der Waals surface area (Å²) < 4.78 is 5.37. The second kappa shape index (κ2) is 9.55. The normalized spacial score (nSPS) is 10.7. The molecule has 3 aromatic carbocycles. The second-order valence-electron chi connectivity index (χ2n) is 7.40. The standard InChI is InChI=1S/C25H22N4O5/c1-26-25-28-20-12-21(34-2)17(13-30)11-19(20)22(29-25)16-4-3-5-18(10-16)27-23(31)14-6-8-15(9-7-14)24(32)33/h3-12,30H,13H2,1-2H3,(H,27,31)(H,32,33)(H,26,28,29). The molecule has 1 heterocycles. The number of carboxylic acid groups (broad SMARTS) is 1. The fourth-order valence-electron chi connectivity index (χ4n) is 3.56. The number of amides is 1. The first-order valence-electron chi connectivity index (χ1n) is 10.4. The molecule has 9 nitrogen and oxygen atoms in total. The Morgan fingerprint density at radius 2 is 1.74 bits per heavy atom. The summed E-state index contributed by atoms with van der Waals surface area (Å²) in [5.41, 5.74) is 3.57. The van der Waals surface area contributed by atoms with Gasteiger partial charge in [-0.1, -0.05) is 12.1 Å². The average molecular weight is 458 g/mol. The molecule has 0 aliphatic rings. The second-order valence-corrected chi connectivity index (χ2v) is 7.40. The third kappa shape index (κ3) is 4.50. The number of ether oxygens (including phenoxy) is 1. The van der Waals surface area contributed by atoms with Gasteiger partial charge in [-0.05, 0) is 42.5 Å². The van der Waals surface area contributed by atoms with E-state index < -0.39 is 5.97 Å². The molecule has 0 aliphatic heterocycles. The van der Waals surface area contributed by atoms with Crippen molar-refractivity contribution in [3.05, 3.63) is 77.4 Å². The van der Waals surface area contributed by atoms with Crippen LogP contribution in [0.3, 0.4) is 0 Å². The van der Waals surface area contributed by atoms with E-state index in [2.05, 4.69) is 20.6 Å². The van der Waals surface area contributed by atoms with Crippen LogP contribution in [0.2, 0.25) is 0 Å². The number of anilines is 2. The highest BCUT2D eigenvalue weighted by molar-refractivity contribution is 6.05. The van der Waals surface area contributed by atoms with Crippen molar-refractivity contribution in [1.29, 1.82) is 0 Å². The van der Waals surface area contributed by atoms with Crippen LogP contribution in [0.25, 0.3) is 22.2 Å². The van der Waals surface area contributed by atoms with Crippen LogP contribution in [0, 0.1) is 0 Å². The summed E-state index contributed by atoms with van der Waals surface area (Å²) in [6, 6.07) is 16.4. The number of aromatic nitrogens is 2.